The molecule has 136 valence electrons. The van der Waals surface area contributed by atoms with Gasteiger partial charge >= 0.3 is 0 Å². The third kappa shape index (κ3) is 3.32. The monoisotopic (exact) mass is 361 g/mol. The Morgan fingerprint density at radius 1 is 1.23 bits per heavy atom. The maximum absolute atomic E-state index is 14.8. The molecular weight excluding hydrogens is 344 g/mol. The van der Waals surface area contributed by atoms with Crippen molar-refractivity contribution >= 4 is 17.8 Å². The number of hydrogen-bond donors (Lipinski definition) is 0. The minimum Gasteiger partial charge on any atom is -0.372 e. The summed E-state index contributed by atoms with van der Waals surface area (Å²) in [5.74, 6) is -3.39. The fraction of sp³-hybridized carbons (Fsp3) is 0.333. The van der Waals surface area contributed by atoms with Crippen LogP contribution in [0.2, 0.25) is 0 Å². The number of rotatable bonds is 4. The molecule has 1 aliphatic rings. The average molecular weight is 361 g/mol. The maximum Gasteiger partial charge on any atom is 0.216 e. The van der Waals surface area contributed by atoms with E-state index in [0.717, 1.165) is 12.3 Å². The minimum atomic E-state index is -1.31. The van der Waals surface area contributed by atoms with Crippen LogP contribution in [0.15, 0.2) is 24.7 Å². The average Bonchev–Trinajstić information content (AvgIpc) is 2.63. The molecule has 1 aliphatic heterocycles. The van der Waals surface area contributed by atoms with E-state index in [1.807, 2.05) is 13.8 Å². The highest BCUT2D eigenvalue weighted by Crippen LogP contribution is 2.31. The second-order valence-corrected chi connectivity index (χ2v) is 6.19. The zero-order valence-corrected chi connectivity index (χ0v) is 14.3. The molecule has 1 aromatic carbocycles. The van der Waals surface area contributed by atoms with Crippen LogP contribution in [0.25, 0.3) is 0 Å². The molecule has 3 rings (SSSR count). The molecule has 0 aliphatic carbocycles. The van der Waals surface area contributed by atoms with Crippen molar-refractivity contribution in [3.05, 3.63) is 53.1 Å². The molecule has 0 amide bonds. The molecule has 26 heavy (non-hydrogen) atoms. The molecule has 0 N–H and O–H groups in total. The van der Waals surface area contributed by atoms with E-state index < -0.39 is 23.0 Å². The number of ether oxygens (including phenoxy) is 1. The van der Waals surface area contributed by atoms with Gasteiger partial charge in [-0.15, -0.1) is 0 Å². The number of ketones is 1. The van der Waals surface area contributed by atoms with Crippen molar-refractivity contribution in [1.29, 1.82) is 0 Å². The van der Waals surface area contributed by atoms with Gasteiger partial charge in [0.2, 0.25) is 5.78 Å². The number of carbonyl (C=O) groups excluding carboxylic acids is 2. The van der Waals surface area contributed by atoms with Gasteiger partial charge in [-0.25, -0.2) is 13.8 Å². The summed E-state index contributed by atoms with van der Waals surface area (Å²) in [5, 5.41) is 0. The fourth-order valence-corrected chi connectivity index (χ4v) is 3.13. The lowest BCUT2D eigenvalue weighted by atomic mass is 10.0. The summed E-state index contributed by atoms with van der Waals surface area (Å²) < 4.78 is 35.1. The molecule has 0 saturated carbocycles. The smallest absolute Gasteiger partial charge is 0.216 e. The van der Waals surface area contributed by atoms with Crippen LogP contribution in [-0.2, 0) is 4.74 Å². The van der Waals surface area contributed by atoms with Gasteiger partial charge in [0.15, 0.2) is 17.9 Å². The number of benzene rings is 1. The summed E-state index contributed by atoms with van der Waals surface area (Å²) in [6, 6.07) is 1.06. The number of carbonyl (C=O) groups is 2. The number of hydrogen-bond acceptors (Lipinski definition) is 6. The maximum atomic E-state index is 14.8. The molecule has 0 spiro atoms. The Bertz CT molecular complexity index is 835. The molecule has 1 fully saturated rings. The van der Waals surface area contributed by atoms with E-state index in [4.69, 9.17) is 4.74 Å². The Kier molecular flexibility index (Phi) is 5.03. The summed E-state index contributed by atoms with van der Waals surface area (Å²) in [5.41, 5.74) is -0.945. The first-order chi connectivity index (χ1) is 12.4. The van der Waals surface area contributed by atoms with Crippen LogP contribution in [0.1, 0.15) is 40.3 Å². The Balaban J connectivity index is 2.07. The Morgan fingerprint density at radius 3 is 2.50 bits per heavy atom. The van der Waals surface area contributed by atoms with E-state index in [9.17, 15) is 18.4 Å². The molecule has 1 saturated heterocycles. The van der Waals surface area contributed by atoms with Gasteiger partial charge in [0.05, 0.1) is 29.7 Å². The number of aromatic nitrogens is 2. The summed E-state index contributed by atoms with van der Waals surface area (Å²) in [7, 11) is 0. The third-order valence-electron chi connectivity index (χ3n) is 4.11. The van der Waals surface area contributed by atoms with Crippen LogP contribution < -0.4 is 4.90 Å². The summed E-state index contributed by atoms with van der Waals surface area (Å²) in [6.07, 6.45) is 3.78. The second-order valence-electron chi connectivity index (χ2n) is 6.19. The first-order valence-electron chi connectivity index (χ1n) is 8.10. The zero-order valence-electron chi connectivity index (χ0n) is 14.3. The summed E-state index contributed by atoms with van der Waals surface area (Å²) >= 11 is 0. The first-order valence-corrected chi connectivity index (χ1v) is 8.10. The van der Waals surface area contributed by atoms with Gasteiger partial charge in [-0.05, 0) is 19.9 Å². The summed E-state index contributed by atoms with van der Waals surface area (Å²) in [6.45, 7) is 4.23. The number of anilines is 1. The van der Waals surface area contributed by atoms with Crippen LogP contribution >= 0.6 is 0 Å². The fourth-order valence-electron chi connectivity index (χ4n) is 3.13. The van der Waals surface area contributed by atoms with Gasteiger partial charge in [0.25, 0.3) is 0 Å². The molecule has 6 nitrogen and oxygen atoms in total. The largest absolute Gasteiger partial charge is 0.372 e. The molecule has 2 aromatic rings. The Hall–Kier alpha value is -2.74. The van der Waals surface area contributed by atoms with Gasteiger partial charge in [0, 0.05) is 31.0 Å². The second kappa shape index (κ2) is 7.25. The van der Waals surface area contributed by atoms with Gasteiger partial charge < -0.3 is 9.64 Å². The highest BCUT2D eigenvalue weighted by atomic mass is 19.2. The third-order valence-corrected chi connectivity index (χ3v) is 4.11. The van der Waals surface area contributed by atoms with Crippen LogP contribution in [0.4, 0.5) is 14.5 Å². The Morgan fingerprint density at radius 2 is 1.92 bits per heavy atom. The standard InChI is InChI=1S/C18H17F2N3O3/c1-10-7-23(8-11(2)26-10)17-12(9-24)5-13(15(19)16(17)20)18(25)14-6-21-3-4-22-14/h3-6,9-11H,7-8H2,1-2H3. The lowest BCUT2D eigenvalue weighted by molar-refractivity contribution is -0.00547. The molecule has 1 aromatic heterocycles. The van der Waals surface area contributed by atoms with Crippen molar-refractivity contribution in [2.45, 2.75) is 26.1 Å². The minimum absolute atomic E-state index is 0.0996. The van der Waals surface area contributed by atoms with Crippen LogP contribution in [0, 0.1) is 11.6 Å². The predicted molar refractivity (Wildman–Crippen MR) is 89.4 cm³/mol. The highest BCUT2D eigenvalue weighted by molar-refractivity contribution is 6.09. The van der Waals surface area contributed by atoms with Crippen molar-refractivity contribution in [1.82, 2.24) is 9.97 Å². The van der Waals surface area contributed by atoms with Crippen molar-refractivity contribution in [2.75, 3.05) is 18.0 Å². The van der Waals surface area contributed by atoms with E-state index in [0.29, 0.717) is 19.4 Å². The van der Waals surface area contributed by atoms with Crippen molar-refractivity contribution < 1.29 is 23.1 Å². The summed E-state index contributed by atoms with van der Waals surface area (Å²) in [4.78, 5) is 33.0. The Labute approximate surface area is 148 Å². The van der Waals surface area contributed by atoms with E-state index in [2.05, 4.69) is 9.97 Å². The number of morpholine rings is 1. The molecule has 0 radical (unpaired) electrons. The normalized spacial score (nSPS) is 20.1. The highest BCUT2D eigenvalue weighted by Gasteiger charge is 2.30. The lowest BCUT2D eigenvalue weighted by Crippen LogP contribution is -2.46. The molecule has 2 heterocycles. The van der Waals surface area contributed by atoms with Crippen molar-refractivity contribution in [3.63, 3.8) is 0 Å². The van der Waals surface area contributed by atoms with E-state index in [-0.39, 0.29) is 29.2 Å². The van der Waals surface area contributed by atoms with Crippen LogP contribution in [0.3, 0.4) is 0 Å². The number of halogens is 2. The quantitative estimate of drug-likeness (QED) is 0.615. The van der Waals surface area contributed by atoms with Crippen LogP contribution in [0.5, 0.6) is 0 Å². The predicted octanol–water partition coefficient (Wildman–Crippen LogP) is 2.41. The SMILES string of the molecule is CC1CN(c2c(C=O)cc(C(=O)c3cnccn3)c(F)c2F)CC(C)O1. The van der Waals surface area contributed by atoms with Crippen molar-refractivity contribution in [3.8, 4) is 0 Å². The van der Waals surface area contributed by atoms with Crippen LogP contribution in [-0.4, -0.2) is 47.3 Å². The van der Waals surface area contributed by atoms with E-state index in [1.165, 1.54) is 12.4 Å². The van der Waals surface area contributed by atoms with Gasteiger partial charge in [-0.3, -0.25) is 14.6 Å². The number of nitrogens with zero attached hydrogens (tertiary/aromatic N) is 3. The molecular formula is C18H17F2N3O3. The van der Waals surface area contributed by atoms with E-state index >= 15 is 0 Å². The molecule has 2 unspecified atom stereocenters. The zero-order chi connectivity index (χ0) is 18.8. The number of aldehydes is 1. The van der Waals surface area contributed by atoms with E-state index in [1.54, 1.807) is 4.90 Å². The molecule has 0 bridgehead atoms. The molecule has 2 atom stereocenters. The topological polar surface area (TPSA) is 72.4 Å². The first kappa shape index (κ1) is 18.1. The van der Waals surface area contributed by atoms with Gasteiger partial charge in [0.1, 0.15) is 5.69 Å². The van der Waals surface area contributed by atoms with Gasteiger partial charge in [-0.1, -0.05) is 0 Å². The molecule has 8 heteroatoms. The van der Waals surface area contributed by atoms with Crippen molar-refractivity contribution in [2.24, 2.45) is 0 Å². The lowest BCUT2D eigenvalue weighted by Gasteiger charge is -2.37. The van der Waals surface area contributed by atoms with Gasteiger partial charge in [-0.2, -0.15) is 0 Å².